The molecule has 0 aliphatic carbocycles. The Morgan fingerprint density at radius 1 is 1.35 bits per heavy atom. The largest absolute Gasteiger partial charge is 0.383 e. The molecule has 132 valence electrons. The Bertz CT molecular complexity index is 559. The van der Waals surface area contributed by atoms with Crippen molar-refractivity contribution in [3.05, 3.63) is 0 Å². The quantitative estimate of drug-likeness (QED) is 0.541. The highest BCUT2D eigenvalue weighted by molar-refractivity contribution is 7.86. The standard InChI is InChI=1S/C13H24N4O5S/c1-15(2)23(20,21)16-8-11(9-16)17-7-10(6-12(17)18)13(19)14-4-5-22-3/h10-11H,4-9H2,1-3H3,(H,14,19). The third kappa shape index (κ3) is 3.82. The van der Waals surface area contributed by atoms with Gasteiger partial charge in [0.2, 0.25) is 11.8 Å². The number of carbonyl (C=O) groups excluding carboxylic acids is 2. The number of nitrogens with zero attached hydrogens (tertiary/aromatic N) is 3. The number of rotatable bonds is 7. The van der Waals surface area contributed by atoms with E-state index in [1.165, 1.54) is 18.4 Å². The van der Waals surface area contributed by atoms with E-state index in [-0.39, 0.29) is 43.3 Å². The lowest BCUT2D eigenvalue weighted by atomic mass is 10.1. The van der Waals surface area contributed by atoms with Crippen molar-refractivity contribution in [1.29, 1.82) is 0 Å². The van der Waals surface area contributed by atoms with Crippen LogP contribution in [0.5, 0.6) is 0 Å². The van der Waals surface area contributed by atoms with Crippen molar-refractivity contribution >= 4 is 22.0 Å². The molecule has 2 amide bonds. The zero-order valence-corrected chi connectivity index (χ0v) is 14.5. The molecule has 0 bridgehead atoms. The molecule has 2 aliphatic rings. The van der Waals surface area contributed by atoms with E-state index >= 15 is 0 Å². The predicted molar refractivity (Wildman–Crippen MR) is 82.7 cm³/mol. The van der Waals surface area contributed by atoms with Gasteiger partial charge in [-0.15, -0.1) is 0 Å². The summed E-state index contributed by atoms with van der Waals surface area (Å²) in [6, 6.07) is -0.144. The van der Waals surface area contributed by atoms with Gasteiger partial charge in [-0.25, -0.2) is 0 Å². The van der Waals surface area contributed by atoms with Gasteiger partial charge in [0, 0.05) is 53.8 Å². The van der Waals surface area contributed by atoms with Gasteiger partial charge >= 0.3 is 0 Å². The number of methoxy groups -OCH3 is 1. The maximum Gasteiger partial charge on any atom is 0.281 e. The molecule has 0 aromatic carbocycles. The molecule has 2 saturated heterocycles. The third-order valence-electron chi connectivity index (χ3n) is 4.19. The van der Waals surface area contributed by atoms with E-state index < -0.39 is 10.2 Å². The van der Waals surface area contributed by atoms with Crippen LogP contribution in [0, 0.1) is 5.92 Å². The Kier molecular flexibility index (Phi) is 5.61. The molecule has 0 radical (unpaired) electrons. The summed E-state index contributed by atoms with van der Waals surface area (Å²) in [6.45, 7) is 1.75. The first-order valence-corrected chi connectivity index (χ1v) is 8.90. The molecule has 2 heterocycles. The second-order valence-corrected chi connectivity index (χ2v) is 8.13. The van der Waals surface area contributed by atoms with Crippen molar-refractivity contribution in [2.45, 2.75) is 12.5 Å². The molecule has 1 N–H and O–H groups in total. The fraction of sp³-hybridized carbons (Fsp3) is 0.846. The molecule has 9 nitrogen and oxygen atoms in total. The summed E-state index contributed by atoms with van der Waals surface area (Å²) in [5.41, 5.74) is 0. The van der Waals surface area contributed by atoms with Crippen LogP contribution in [0.3, 0.4) is 0 Å². The summed E-state index contributed by atoms with van der Waals surface area (Å²) in [6.07, 6.45) is 0.176. The lowest BCUT2D eigenvalue weighted by Gasteiger charge is -2.43. The predicted octanol–water partition coefficient (Wildman–Crippen LogP) is -1.91. The van der Waals surface area contributed by atoms with E-state index in [2.05, 4.69) is 5.32 Å². The van der Waals surface area contributed by atoms with Gasteiger partial charge in [0.15, 0.2) is 0 Å². The smallest absolute Gasteiger partial charge is 0.281 e. The zero-order valence-electron chi connectivity index (χ0n) is 13.7. The van der Waals surface area contributed by atoms with Crippen LogP contribution < -0.4 is 5.32 Å². The van der Waals surface area contributed by atoms with Gasteiger partial charge in [-0.1, -0.05) is 0 Å². The average Bonchev–Trinajstić information content (AvgIpc) is 2.79. The summed E-state index contributed by atoms with van der Waals surface area (Å²) < 4.78 is 31.2. The summed E-state index contributed by atoms with van der Waals surface area (Å²) in [5.74, 6) is -0.627. The Balaban J connectivity index is 1.85. The second kappa shape index (κ2) is 7.12. The SMILES string of the molecule is COCCNC(=O)C1CC(=O)N(C2CN(S(=O)(=O)N(C)C)C2)C1. The van der Waals surface area contributed by atoms with Crippen LogP contribution in [0.1, 0.15) is 6.42 Å². The average molecular weight is 348 g/mol. The van der Waals surface area contributed by atoms with Crippen LogP contribution in [0.15, 0.2) is 0 Å². The summed E-state index contributed by atoms with van der Waals surface area (Å²) in [7, 11) is 1.08. The molecule has 0 spiro atoms. The van der Waals surface area contributed by atoms with Crippen LogP contribution >= 0.6 is 0 Å². The lowest BCUT2D eigenvalue weighted by Crippen LogP contribution is -2.63. The Hall–Kier alpha value is -1.23. The number of likely N-dealkylation sites (tertiary alicyclic amines) is 1. The number of amides is 2. The summed E-state index contributed by atoms with van der Waals surface area (Å²) in [4.78, 5) is 25.7. The second-order valence-electron chi connectivity index (χ2n) is 5.99. The number of ether oxygens (including phenoxy) is 1. The maximum atomic E-state index is 12.1. The first-order chi connectivity index (χ1) is 10.8. The van der Waals surface area contributed by atoms with Crippen LogP contribution in [0.25, 0.3) is 0 Å². The molecule has 0 aromatic heterocycles. The van der Waals surface area contributed by atoms with Gasteiger partial charge in [0.1, 0.15) is 0 Å². The molecule has 10 heteroatoms. The molecule has 23 heavy (non-hydrogen) atoms. The van der Waals surface area contributed by atoms with Gasteiger partial charge in [-0.3, -0.25) is 9.59 Å². The Morgan fingerprint density at radius 2 is 2.00 bits per heavy atom. The number of hydrogen-bond donors (Lipinski definition) is 1. The van der Waals surface area contributed by atoms with Gasteiger partial charge in [-0.2, -0.15) is 17.0 Å². The van der Waals surface area contributed by atoms with Gasteiger partial charge in [-0.05, 0) is 0 Å². The fourth-order valence-electron chi connectivity index (χ4n) is 2.71. The van der Waals surface area contributed by atoms with E-state index in [0.29, 0.717) is 19.7 Å². The fourth-order valence-corrected chi connectivity index (χ4v) is 3.90. The monoisotopic (exact) mass is 348 g/mol. The van der Waals surface area contributed by atoms with Gasteiger partial charge < -0.3 is 15.0 Å². The van der Waals surface area contributed by atoms with Crippen LogP contribution in [0.4, 0.5) is 0 Å². The van der Waals surface area contributed by atoms with E-state index in [9.17, 15) is 18.0 Å². The number of carbonyl (C=O) groups is 2. The molecule has 1 unspecified atom stereocenters. The molecule has 2 aliphatic heterocycles. The van der Waals surface area contributed by atoms with Crippen LogP contribution in [0.2, 0.25) is 0 Å². The van der Waals surface area contributed by atoms with Gasteiger partial charge in [0.25, 0.3) is 10.2 Å². The number of hydrogen-bond acceptors (Lipinski definition) is 5. The van der Waals surface area contributed by atoms with Crippen LogP contribution in [-0.4, -0.2) is 93.8 Å². The van der Waals surface area contributed by atoms with Crippen molar-refractivity contribution < 1.29 is 22.7 Å². The molecule has 1 atom stereocenters. The van der Waals surface area contributed by atoms with Gasteiger partial charge in [0.05, 0.1) is 18.6 Å². The van der Waals surface area contributed by atoms with E-state index in [1.54, 1.807) is 12.0 Å². The molecule has 0 aromatic rings. The van der Waals surface area contributed by atoms with Crippen molar-refractivity contribution in [2.75, 3.05) is 54.0 Å². The Labute approximate surface area is 136 Å². The first kappa shape index (κ1) is 18.1. The zero-order chi connectivity index (χ0) is 17.2. The minimum Gasteiger partial charge on any atom is -0.383 e. The molecule has 0 saturated carbocycles. The molecule has 2 rings (SSSR count). The van der Waals surface area contributed by atoms with Crippen molar-refractivity contribution in [2.24, 2.45) is 5.92 Å². The third-order valence-corrected chi connectivity index (χ3v) is 6.07. The molecular formula is C13H24N4O5S. The summed E-state index contributed by atoms with van der Waals surface area (Å²) in [5, 5.41) is 2.73. The normalized spacial score (nSPS) is 23.4. The van der Waals surface area contributed by atoms with Crippen molar-refractivity contribution in [3.8, 4) is 0 Å². The minimum atomic E-state index is -3.43. The molecular weight excluding hydrogens is 324 g/mol. The van der Waals surface area contributed by atoms with Crippen molar-refractivity contribution in [1.82, 2.24) is 18.8 Å². The minimum absolute atomic E-state index is 0.0937. The Morgan fingerprint density at radius 3 is 2.57 bits per heavy atom. The highest BCUT2D eigenvalue weighted by atomic mass is 32.2. The van der Waals surface area contributed by atoms with E-state index in [4.69, 9.17) is 4.74 Å². The van der Waals surface area contributed by atoms with Crippen molar-refractivity contribution in [3.63, 3.8) is 0 Å². The molecule has 2 fully saturated rings. The van der Waals surface area contributed by atoms with E-state index in [0.717, 1.165) is 4.31 Å². The maximum absolute atomic E-state index is 12.1. The van der Waals surface area contributed by atoms with E-state index in [1.807, 2.05) is 0 Å². The van der Waals surface area contributed by atoms with Crippen LogP contribution in [-0.2, 0) is 24.5 Å². The summed E-state index contributed by atoms with van der Waals surface area (Å²) >= 11 is 0. The lowest BCUT2D eigenvalue weighted by molar-refractivity contribution is -0.132. The topological polar surface area (TPSA) is 99.3 Å². The highest BCUT2D eigenvalue weighted by Crippen LogP contribution is 2.27. The first-order valence-electron chi connectivity index (χ1n) is 7.51. The number of nitrogens with one attached hydrogen (secondary N) is 1. The highest BCUT2D eigenvalue weighted by Gasteiger charge is 2.45.